The van der Waals surface area contributed by atoms with Crippen LogP contribution >= 0.6 is 0 Å². The zero-order valence-corrected chi connectivity index (χ0v) is 21.2. The van der Waals surface area contributed by atoms with Crippen LogP contribution in [0.1, 0.15) is 12.5 Å². The van der Waals surface area contributed by atoms with E-state index >= 15 is 0 Å². The Bertz CT molecular complexity index is 1140. The molecule has 2 saturated heterocycles. The van der Waals surface area contributed by atoms with Crippen LogP contribution in [-0.4, -0.2) is 88.4 Å². The Balaban J connectivity index is 1.60. The predicted octanol–water partition coefficient (Wildman–Crippen LogP) is 3.65. The second kappa shape index (κ2) is 12.3. The van der Waals surface area contributed by atoms with Crippen LogP contribution in [0.15, 0.2) is 64.4 Å². The van der Waals surface area contributed by atoms with Crippen molar-refractivity contribution in [3.63, 3.8) is 0 Å². The zero-order valence-electron chi connectivity index (χ0n) is 21.2. The number of nitriles is 1. The van der Waals surface area contributed by atoms with E-state index in [9.17, 15) is 5.26 Å². The molecule has 188 valence electrons. The molecule has 2 aliphatic rings. The Hall–Kier alpha value is -3.67. The van der Waals surface area contributed by atoms with Crippen molar-refractivity contribution in [2.24, 2.45) is 9.98 Å². The number of morpholine rings is 1. The fourth-order valence-corrected chi connectivity index (χ4v) is 4.35. The van der Waals surface area contributed by atoms with Gasteiger partial charge in [-0.15, -0.1) is 0 Å². The summed E-state index contributed by atoms with van der Waals surface area (Å²) in [6, 6.07) is 16.2. The minimum atomic E-state index is 0.332. The molecule has 36 heavy (non-hydrogen) atoms. The highest BCUT2D eigenvalue weighted by Gasteiger charge is 2.17. The van der Waals surface area contributed by atoms with Crippen molar-refractivity contribution in [3.8, 4) is 22.9 Å². The number of piperazine rings is 1. The molecule has 0 aromatic heterocycles. The lowest BCUT2D eigenvalue weighted by atomic mass is 10.0. The number of hydrogen-bond donors (Lipinski definition) is 0. The Morgan fingerprint density at radius 2 is 1.81 bits per heavy atom. The predicted molar refractivity (Wildman–Crippen MR) is 145 cm³/mol. The Labute approximate surface area is 213 Å². The normalized spacial score (nSPS) is 17.6. The maximum atomic E-state index is 9.50. The first-order chi connectivity index (χ1) is 17.6. The van der Waals surface area contributed by atoms with Gasteiger partial charge in [-0.05, 0) is 56.6 Å². The molecule has 8 heteroatoms. The number of rotatable bonds is 7. The van der Waals surface area contributed by atoms with Crippen molar-refractivity contribution >= 4 is 18.2 Å². The SMILES string of the molecule is C=N/C(=C\C(=N/CC)N1CCOCC1)Oc1cc(C#N)ccc1-c1ccc(N2CCN(C)CC2)cc1. The van der Waals surface area contributed by atoms with Gasteiger partial charge >= 0.3 is 0 Å². The first-order valence-electron chi connectivity index (χ1n) is 12.4. The molecule has 0 spiro atoms. The molecular weight excluding hydrogens is 452 g/mol. The monoisotopic (exact) mass is 486 g/mol. The van der Waals surface area contributed by atoms with Crippen LogP contribution < -0.4 is 9.64 Å². The molecule has 0 N–H and O–H groups in total. The third kappa shape index (κ3) is 6.30. The van der Waals surface area contributed by atoms with Gasteiger partial charge in [-0.2, -0.15) is 5.26 Å². The summed E-state index contributed by atoms with van der Waals surface area (Å²) in [4.78, 5) is 15.7. The van der Waals surface area contributed by atoms with Crippen LogP contribution in [0, 0.1) is 11.3 Å². The molecule has 2 fully saturated rings. The van der Waals surface area contributed by atoms with Crippen LogP contribution in [0.3, 0.4) is 0 Å². The molecule has 0 atom stereocenters. The van der Waals surface area contributed by atoms with Gasteiger partial charge in [0.15, 0.2) is 0 Å². The number of anilines is 1. The highest BCUT2D eigenvalue weighted by molar-refractivity contribution is 5.93. The van der Waals surface area contributed by atoms with E-state index in [0.29, 0.717) is 37.0 Å². The van der Waals surface area contributed by atoms with E-state index in [1.807, 2.05) is 13.0 Å². The van der Waals surface area contributed by atoms with E-state index in [1.165, 1.54) is 5.69 Å². The molecule has 2 heterocycles. The summed E-state index contributed by atoms with van der Waals surface area (Å²) in [5.74, 6) is 1.68. The Morgan fingerprint density at radius 1 is 1.08 bits per heavy atom. The van der Waals surface area contributed by atoms with Crippen molar-refractivity contribution in [1.29, 1.82) is 5.26 Å². The molecule has 8 nitrogen and oxygen atoms in total. The van der Waals surface area contributed by atoms with Crippen LogP contribution in [-0.2, 0) is 4.74 Å². The minimum Gasteiger partial charge on any atom is -0.438 e. The molecular formula is C28H34N6O2. The molecule has 2 aliphatic heterocycles. The Kier molecular flexibility index (Phi) is 8.71. The van der Waals surface area contributed by atoms with Crippen LogP contribution in [0.25, 0.3) is 11.1 Å². The lowest BCUT2D eigenvalue weighted by Crippen LogP contribution is -2.44. The van der Waals surface area contributed by atoms with Gasteiger partial charge in [0, 0.05) is 63.1 Å². The largest absolute Gasteiger partial charge is 0.438 e. The van der Waals surface area contributed by atoms with Crippen LogP contribution in [0.4, 0.5) is 5.69 Å². The Morgan fingerprint density at radius 3 is 2.44 bits per heavy atom. The van der Waals surface area contributed by atoms with E-state index in [4.69, 9.17) is 9.47 Å². The van der Waals surface area contributed by atoms with Gasteiger partial charge in [0.2, 0.25) is 5.88 Å². The average molecular weight is 487 g/mol. The average Bonchev–Trinajstić information content (AvgIpc) is 2.93. The summed E-state index contributed by atoms with van der Waals surface area (Å²) >= 11 is 0. The summed E-state index contributed by atoms with van der Waals surface area (Å²) in [5.41, 5.74) is 3.62. The number of likely N-dealkylation sites (N-methyl/N-ethyl adjacent to an activating group) is 1. The first-order valence-corrected chi connectivity index (χ1v) is 12.4. The number of hydrogen-bond acceptors (Lipinski definition) is 7. The van der Waals surface area contributed by atoms with Gasteiger partial charge in [0.05, 0.1) is 24.8 Å². The summed E-state index contributed by atoms with van der Waals surface area (Å²) in [7, 11) is 2.16. The third-order valence-corrected chi connectivity index (χ3v) is 6.44. The van der Waals surface area contributed by atoms with E-state index in [2.05, 4.69) is 68.8 Å². The molecule has 0 radical (unpaired) electrons. The molecule has 0 saturated carbocycles. The molecule has 0 aliphatic carbocycles. The van der Waals surface area contributed by atoms with E-state index in [1.54, 1.807) is 18.2 Å². The maximum Gasteiger partial charge on any atom is 0.222 e. The number of amidine groups is 1. The second-order valence-corrected chi connectivity index (χ2v) is 8.83. The molecule has 4 rings (SSSR count). The van der Waals surface area contributed by atoms with E-state index in [0.717, 1.165) is 56.2 Å². The second-order valence-electron chi connectivity index (χ2n) is 8.83. The highest BCUT2D eigenvalue weighted by Crippen LogP contribution is 2.33. The zero-order chi connectivity index (χ0) is 25.3. The van der Waals surface area contributed by atoms with E-state index in [-0.39, 0.29) is 0 Å². The number of ether oxygens (including phenoxy) is 2. The van der Waals surface area contributed by atoms with Crippen molar-refractivity contribution in [2.45, 2.75) is 6.92 Å². The van der Waals surface area contributed by atoms with Gasteiger partial charge in [-0.3, -0.25) is 4.99 Å². The smallest absolute Gasteiger partial charge is 0.222 e. The number of nitrogens with zero attached hydrogens (tertiary/aromatic N) is 6. The fraction of sp³-hybridized carbons (Fsp3) is 0.393. The van der Waals surface area contributed by atoms with Gasteiger partial charge in [-0.25, -0.2) is 4.99 Å². The molecule has 0 bridgehead atoms. The fourth-order valence-electron chi connectivity index (χ4n) is 4.35. The van der Waals surface area contributed by atoms with Crippen molar-refractivity contribution in [2.75, 3.05) is 71.0 Å². The molecule has 0 amide bonds. The van der Waals surface area contributed by atoms with Crippen molar-refractivity contribution < 1.29 is 9.47 Å². The minimum absolute atomic E-state index is 0.332. The maximum absolute atomic E-state index is 9.50. The third-order valence-electron chi connectivity index (χ3n) is 6.44. The van der Waals surface area contributed by atoms with Gasteiger partial charge in [0.25, 0.3) is 0 Å². The number of benzene rings is 2. The number of aliphatic imine (C=N–C) groups is 2. The van der Waals surface area contributed by atoms with Gasteiger partial charge in [-0.1, -0.05) is 12.1 Å². The van der Waals surface area contributed by atoms with Gasteiger partial charge in [0.1, 0.15) is 11.6 Å². The summed E-state index contributed by atoms with van der Waals surface area (Å²) in [6.45, 7) is 13.3. The summed E-state index contributed by atoms with van der Waals surface area (Å²) in [5, 5.41) is 9.50. The summed E-state index contributed by atoms with van der Waals surface area (Å²) < 4.78 is 11.7. The topological polar surface area (TPSA) is 76.7 Å². The highest BCUT2D eigenvalue weighted by atomic mass is 16.5. The lowest BCUT2D eigenvalue weighted by molar-refractivity contribution is 0.0683. The lowest BCUT2D eigenvalue weighted by Gasteiger charge is -2.34. The van der Waals surface area contributed by atoms with Crippen LogP contribution in [0.5, 0.6) is 5.75 Å². The van der Waals surface area contributed by atoms with Gasteiger partial charge < -0.3 is 24.2 Å². The molecule has 2 aromatic carbocycles. The van der Waals surface area contributed by atoms with Crippen LogP contribution in [0.2, 0.25) is 0 Å². The van der Waals surface area contributed by atoms with Crippen molar-refractivity contribution in [1.82, 2.24) is 9.80 Å². The molecule has 2 aromatic rings. The quantitative estimate of drug-likeness (QED) is 0.338. The first kappa shape index (κ1) is 25.4. The standard InChI is InChI=1S/C28H34N6O2/c1-4-31-27(34-15-17-35-18-16-34)20-28(30-2)36-26-19-22(21-29)5-10-25(26)23-6-8-24(9-7-23)33-13-11-32(3)12-14-33/h5-10,19-20H,2,4,11-18H2,1,3H3/b28-20+,31-27+. The van der Waals surface area contributed by atoms with E-state index < -0.39 is 0 Å². The van der Waals surface area contributed by atoms with Crippen molar-refractivity contribution in [3.05, 3.63) is 60.0 Å². The molecule has 0 unspecified atom stereocenters. The summed E-state index contributed by atoms with van der Waals surface area (Å²) in [6.07, 6.45) is 1.81.